The molecule has 0 aliphatic carbocycles. The Morgan fingerprint density at radius 1 is 0.633 bits per heavy atom. The largest absolute Gasteiger partial charge is 0.489 e. The quantitative estimate of drug-likeness (QED) is 0.0396. The van der Waals surface area contributed by atoms with E-state index in [1.54, 1.807) is 31.5 Å². The fourth-order valence-corrected chi connectivity index (χ4v) is 6.11. The lowest BCUT2D eigenvalue weighted by molar-refractivity contribution is 0.306. The van der Waals surface area contributed by atoms with Gasteiger partial charge in [0.2, 0.25) is 11.7 Å². The molecule has 0 fully saturated rings. The van der Waals surface area contributed by atoms with Gasteiger partial charge in [0.25, 0.3) is 0 Å². The molecule has 0 bridgehead atoms. The Kier molecular flexibility index (Phi) is 11.7. The number of oxime groups is 1. The predicted molar refractivity (Wildman–Crippen MR) is 231 cm³/mol. The molecule has 6 aromatic carbocycles. The summed E-state index contributed by atoms with van der Waals surface area (Å²) in [5.74, 6) is 3.99. The van der Waals surface area contributed by atoms with Crippen molar-refractivity contribution in [1.29, 1.82) is 0 Å². The van der Waals surface area contributed by atoms with Crippen LogP contribution in [0.3, 0.4) is 0 Å². The summed E-state index contributed by atoms with van der Waals surface area (Å²) in [4.78, 5) is 21.7. The topological polar surface area (TPSA) is 192 Å². The van der Waals surface area contributed by atoms with E-state index in [1.165, 1.54) is 6.33 Å². The summed E-state index contributed by atoms with van der Waals surface area (Å²) >= 11 is 0. The number of amidine groups is 1. The van der Waals surface area contributed by atoms with Crippen molar-refractivity contribution in [3.63, 3.8) is 0 Å². The van der Waals surface area contributed by atoms with E-state index in [0.717, 1.165) is 61.4 Å². The maximum absolute atomic E-state index is 8.91. The number of anilines is 4. The molecular weight excluding hydrogens is 757 g/mol. The van der Waals surface area contributed by atoms with Crippen molar-refractivity contribution in [3.8, 4) is 22.9 Å². The second-order valence-electron chi connectivity index (χ2n) is 13.4. The van der Waals surface area contributed by atoms with Gasteiger partial charge in [0.05, 0.1) is 11.0 Å². The number of nitrogens with one attached hydrogen (secondary N) is 2. The summed E-state index contributed by atoms with van der Waals surface area (Å²) < 4.78 is 16.8. The molecule has 3 aromatic heterocycles. The second-order valence-corrected chi connectivity index (χ2v) is 13.4. The SMILES string of the molecule is Cc1nc(-c2ccc3ncnc(Nc4ccc(OCc5ccccc5)cc4)c3c2)no1.NC(=NO)c1ccc2ncnc(Nc3ccc(OCc4ccccc4)cc3)c2c1. The van der Waals surface area contributed by atoms with Crippen LogP contribution in [0.5, 0.6) is 11.5 Å². The molecule has 0 saturated heterocycles. The third kappa shape index (κ3) is 9.58. The Bertz CT molecular complexity index is 2860. The summed E-state index contributed by atoms with van der Waals surface area (Å²) in [5.41, 5.74) is 12.7. The first kappa shape index (κ1) is 38.5. The van der Waals surface area contributed by atoms with Gasteiger partial charge in [-0.3, -0.25) is 0 Å². The van der Waals surface area contributed by atoms with Crippen LogP contribution in [0, 0.1) is 6.92 Å². The second kappa shape index (κ2) is 18.3. The average Bonchev–Trinajstić information content (AvgIpc) is 3.75. The van der Waals surface area contributed by atoms with Gasteiger partial charge in [-0.2, -0.15) is 4.98 Å². The number of aryl methyl sites for hydroxylation is 1. The number of rotatable bonds is 12. The predicted octanol–water partition coefficient (Wildman–Crippen LogP) is 9.36. The number of hydrogen-bond donors (Lipinski definition) is 4. The summed E-state index contributed by atoms with van der Waals surface area (Å²) in [7, 11) is 0. The van der Waals surface area contributed by atoms with Crippen LogP contribution in [0.4, 0.5) is 23.0 Å². The number of nitrogens with two attached hydrogens (primary N) is 1. The number of fused-ring (bicyclic) bond motifs is 2. The van der Waals surface area contributed by atoms with Gasteiger partial charge in [-0.25, -0.2) is 19.9 Å². The first-order valence-corrected chi connectivity index (χ1v) is 18.8. The van der Waals surface area contributed by atoms with Gasteiger partial charge < -0.3 is 35.6 Å². The monoisotopic (exact) mass is 794 g/mol. The number of benzene rings is 6. The highest BCUT2D eigenvalue weighted by Crippen LogP contribution is 2.29. The molecule has 0 radical (unpaired) electrons. The molecule has 0 unspecified atom stereocenters. The minimum absolute atomic E-state index is 0.0293. The van der Waals surface area contributed by atoms with Crippen LogP contribution in [0.1, 0.15) is 22.6 Å². The molecule has 5 N–H and O–H groups in total. The van der Waals surface area contributed by atoms with Crippen molar-refractivity contribution < 1.29 is 19.2 Å². The lowest BCUT2D eigenvalue weighted by Gasteiger charge is -2.11. The lowest BCUT2D eigenvalue weighted by atomic mass is 10.1. The van der Waals surface area contributed by atoms with Gasteiger partial charge in [-0.15, -0.1) is 0 Å². The third-order valence-electron chi connectivity index (χ3n) is 9.19. The van der Waals surface area contributed by atoms with E-state index in [9.17, 15) is 0 Å². The van der Waals surface area contributed by atoms with Crippen molar-refractivity contribution in [2.75, 3.05) is 10.6 Å². The molecule has 3 heterocycles. The van der Waals surface area contributed by atoms with Crippen LogP contribution in [0.2, 0.25) is 0 Å². The molecule has 0 saturated carbocycles. The van der Waals surface area contributed by atoms with Crippen LogP contribution >= 0.6 is 0 Å². The molecule has 0 amide bonds. The van der Waals surface area contributed by atoms with Gasteiger partial charge in [-0.1, -0.05) is 71.0 Å². The van der Waals surface area contributed by atoms with Crippen LogP contribution < -0.4 is 25.8 Å². The summed E-state index contributed by atoms with van der Waals surface area (Å²) in [5, 5.41) is 24.2. The summed E-state index contributed by atoms with van der Waals surface area (Å²) in [6, 6.07) is 46.6. The molecule has 14 nitrogen and oxygen atoms in total. The lowest BCUT2D eigenvalue weighted by Crippen LogP contribution is -2.13. The van der Waals surface area contributed by atoms with Gasteiger partial charge in [-0.05, 0) is 96.1 Å². The fraction of sp³-hybridized carbons (Fsp3) is 0.0652. The molecule has 0 atom stereocenters. The van der Waals surface area contributed by atoms with Gasteiger partial charge in [0.15, 0.2) is 5.84 Å². The van der Waals surface area contributed by atoms with E-state index in [2.05, 4.69) is 45.9 Å². The maximum atomic E-state index is 8.91. The van der Waals surface area contributed by atoms with Crippen LogP contribution in [-0.2, 0) is 13.2 Å². The highest BCUT2D eigenvalue weighted by atomic mass is 16.5. The standard InChI is InChI=1S/C24H19N5O2.C22H19N5O2/c1-16-27-23(29-31-16)18-7-12-22-21(13-18)24(26-15-25-22)28-19-8-10-20(11-9-19)30-14-17-5-3-2-4-6-17;23-21(27-28)16-6-11-20-19(12-16)22(25-14-24-20)26-17-7-9-18(10-8-17)29-13-15-4-2-1-3-5-15/h2-13,15H,14H2,1H3,(H,25,26,28);1-12,14,28H,13H2,(H2,23,27)(H,24,25,26). The zero-order valence-electron chi connectivity index (χ0n) is 32.3. The first-order valence-electron chi connectivity index (χ1n) is 18.8. The van der Waals surface area contributed by atoms with E-state index < -0.39 is 0 Å². The van der Waals surface area contributed by atoms with Crippen molar-refractivity contribution in [2.24, 2.45) is 10.9 Å². The van der Waals surface area contributed by atoms with Crippen LogP contribution in [-0.4, -0.2) is 41.1 Å². The Balaban J connectivity index is 0.000000167. The molecule has 296 valence electrons. The first-order chi connectivity index (χ1) is 29.5. The summed E-state index contributed by atoms with van der Waals surface area (Å²) in [6.45, 7) is 2.81. The molecule has 0 spiro atoms. The minimum atomic E-state index is 0.0293. The Labute approximate surface area is 344 Å². The molecule has 9 rings (SSSR count). The van der Waals surface area contributed by atoms with Crippen molar-refractivity contribution in [3.05, 3.63) is 181 Å². The van der Waals surface area contributed by atoms with E-state index in [-0.39, 0.29) is 5.84 Å². The molecule has 60 heavy (non-hydrogen) atoms. The van der Waals surface area contributed by atoms with Crippen molar-refractivity contribution in [2.45, 2.75) is 20.1 Å². The Hall–Kier alpha value is -8.39. The minimum Gasteiger partial charge on any atom is -0.489 e. The third-order valence-corrected chi connectivity index (χ3v) is 9.19. The number of hydrogen-bond acceptors (Lipinski definition) is 13. The van der Waals surface area contributed by atoms with E-state index in [4.69, 9.17) is 24.9 Å². The van der Waals surface area contributed by atoms with E-state index in [1.807, 2.05) is 127 Å². The number of ether oxygens (including phenoxy) is 2. The number of nitrogens with zero attached hydrogens (tertiary/aromatic N) is 7. The molecule has 0 aliphatic heterocycles. The summed E-state index contributed by atoms with van der Waals surface area (Å²) in [6.07, 6.45) is 3.03. The highest BCUT2D eigenvalue weighted by molar-refractivity contribution is 6.02. The molecule has 0 aliphatic rings. The maximum Gasteiger partial charge on any atom is 0.223 e. The fourth-order valence-electron chi connectivity index (χ4n) is 6.11. The van der Waals surface area contributed by atoms with Crippen LogP contribution in [0.25, 0.3) is 33.2 Å². The highest BCUT2D eigenvalue weighted by Gasteiger charge is 2.11. The molecule has 14 heteroatoms. The smallest absolute Gasteiger partial charge is 0.223 e. The normalized spacial score (nSPS) is 11.1. The van der Waals surface area contributed by atoms with Gasteiger partial charge in [0, 0.05) is 40.2 Å². The zero-order chi connectivity index (χ0) is 41.1. The van der Waals surface area contributed by atoms with E-state index >= 15 is 0 Å². The number of aromatic nitrogens is 6. The van der Waals surface area contributed by atoms with Crippen LogP contribution in [0.15, 0.2) is 168 Å². The Morgan fingerprint density at radius 2 is 1.15 bits per heavy atom. The Morgan fingerprint density at radius 3 is 1.65 bits per heavy atom. The molecular formula is C46H38N10O4. The zero-order valence-corrected chi connectivity index (χ0v) is 32.3. The van der Waals surface area contributed by atoms with E-state index in [0.29, 0.717) is 42.1 Å². The van der Waals surface area contributed by atoms with Gasteiger partial charge in [0.1, 0.15) is 49.0 Å². The molecule has 9 aromatic rings. The van der Waals surface area contributed by atoms with Crippen molar-refractivity contribution >= 4 is 50.7 Å². The average molecular weight is 795 g/mol. The van der Waals surface area contributed by atoms with Crippen molar-refractivity contribution in [1.82, 2.24) is 30.1 Å². The van der Waals surface area contributed by atoms with Gasteiger partial charge >= 0.3 is 0 Å².